The number of nitrogens with one attached hydrogen (secondary N) is 1. The highest BCUT2D eigenvalue weighted by atomic mass is 19.3. The Morgan fingerprint density at radius 2 is 2.04 bits per heavy atom. The molecule has 0 aliphatic carbocycles. The van der Waals surface area contributed by atoms with Gasteiger partial charge in [-0.1, -0.05) is 30.3 Å². The van der Waals surface area contributed by atoms with Gasteiger partial charge in [-0.3, -0.25) is 9.69 Å². The van der Waals surface area contributed by atoms with Crippen molar-refractivity contribution in [3.05, 3.63) is 48.2 Å². The molecule has 0 saturated carbocycles. The summed E-state index contributed by atoms with van der Waals surface area (Å²) in [7, 11) is 0. The third-order valence-corrected chi connectivity index (χ3v) is 3.89. The van der Waals surface area contributed by atoms with Gasteiger partial charge in [-0.15, -0.1) is 0 Å². The number of hydrogen-bond acceptors (Lipinski definition) is 3. The number of carbonyl (C=O) groups excluding carboxylic acids is 1. The number of carbonyl (C=O) groups is 1. The van der Waals surface area contributed by atoms with E-state index in [1.165, 1.54) is 0 Å². The van der Waals surface area contributed by atoms with Crippen LogP contribution < -0.4 is 5.32 Å². The fourth-order valence-electron chi connectivity index (χ4n) is 2.79. The smallest absolute Gasteiger partial charge is 0.287 e. The van der Waals surface area contributed by atoms with Gasteiger partial charge >= 0.3 is 0 Å². The lowest BCUT2D eigenvalue weighted by molar-refractivity contribution is 0.0895. The summed E-state index contributed by atoms with van der Waals surface area (Å²) >= 11 is 0. The van der Waals surface area contributed by atoms with Gasteiger partial charge < -0.3 is 9.73 Å². The molecule has 1 N–H and O–H groups in total. The van der Waals surface area contributed by atoms with E-state index in [1.807, 2.05) is 30.3 Å². The van der Waals surface area contributed by atoms with Crippen molar-refractivity contribution in [3.63, 3.8) is 0 Å². The van der Waals surface area contributed by atoms with Crippen molar-refractivity contribution in [2.75, 3.05) is 19.6 Å². The first-order valence-electron chi connectivity index (χ1n) is 7.58. The van der Waals surface area contributed by atoms with Crippen LogP contribution in [0, 0.1) is 0 Å². The first-order valence-corrected chi connectivity index (χ1v) is 7.58. The maximum atomic E-state index is 12.4. The predicted molar refractivity (Wildman–Crippen MR) is 82.5 cm³/mol. The van der Waals surface area contributed by atoms with Crippen LogP contribution >= 0.6 is 0 Å². The number of halogens is 2. The second-order valence-corrected chi connectivity index (χ2v) is 5.64. The molecule has 0 spiro atoms. The number of furan rings is 1. The SMILES string of the molecule is O=C(NC1CCN(CC(F)F)C1)c1ccc(-c2ccccc2)o1. The van der Waals surface area contributed by atoms with Crippen LogP contribution in [-0.4, -0.2) is 42.9 Å². The molecule has 1 aliphatic rings. The molecule has 1 aromatic heterocycles. The minimum atomic E-state index is -2.34. The Morgan fingerprint density at radius 3 is 2.78 bits per heavy atom. The summed E-state index contributed by atoms with van der Waals surface area (Å²) in [6.45, 7) is 0.774. The summed E-state index contributed by atoms with van der Waals surface area (Å²) in [6, 6.07) is 12.8. The van der Waals surface area contributed by atoms with E-state index in [0.29, 0.717) is 25.3 Å². The Morgan fingerprint density at radius 1 is 1.26 bits per heavy atom. The van der Waals surface area contributed by atoms with Crippen LogP contribution in [0.25, 0.3) is 11.3 Å². The van der Waals surface area contributed by atoms with E-state index < -0.39 is 6.43 Å². The van der Waals surface area contributed by atoms with E-state index in [-0.39, 0.29) is 24.3 Å². The number of rotatable bonds is 5. The lowest BCUT2D eigenvalue weighted by Gasteiger charge is -2.15. The average molecular weight is 320 g/mol. The zero-order valence-corrected chi connectivity index (χ0v) is 12.5. The van der Waals surface area contributed by atoms with Crippen LogP contribution in [0.5, 0.6) is 0 Å². The number of likely N-dealkylation sites (tertiary alicyclic amines) is 1. The van der Waals surface area contributed by atoms with Gasteiger partial charge in [-0.2, -0.15) is 0 Å². The van der Waals surface area contributed by atoms with E-state index in [4.69, 9.17) is 4.42 Å². The highest BCUT2D eigenvalue weighted by Gasteiger charge is 2.26. The Balaban J connectivity index is 1.58. The number of hydrogen-bond donors (Lipinski definition) is 1. The average Bonchev–Trinajstić information content (AvgIpc) is 3.17. The molecule has 1 atom stereocenters. The first kappa shape index (κ1) is 15.7. The summed E-state index contributed by atoms with van der Waals surface area (Å²) in [5.74, 6) is 0.550. The molecule has 1 aliphatic heterocycles. The normalized spacial score (nSPS) is 18.5. The molecule has 1 unspecified atom stereocenters. The van der Waals surface area contributed by atoms with Gasteiger partial charge in [0.05, 0.1) is 6.54 Å². The lowest BCUT2D eigenvalue weighted by atomic mass is 10.2. The predicted octanol–water partition coefficient (Wildman–Crippen LogP) is 3.02. The maximum Gasteiger partial charge on any atom is 0.287 e. The molecule has 23 heavy (non-hydrogen) atoms. The van der Waals surface area contributed by atoms with Crippen LogP contribution in [-0.2, 0) is 0 Å². The fourth-order valence-corrected chi connectivity index (χ4v) is 2.79. The molecular weight excluding hydrogens is 302 g/mol. The minimum Gasteiger partial charge on any atom is -0.451 e. The van der Waals surface area contributed by atoms with Gasteiger partial charge in [0, 0.05) is 24.7 Å². The maximum absolute atomic E-state index is 12.4. The third kappa shape index (κ3) is 3.96. The van der Waals surface area contributed by atoms with E-state index in [1.54, 1.807) is 17.0 Å². The minimum absolute atomic E-state index is 0.119. The zero-order valence-electron chi connectivity index (χ0n) is 12.5. The van der Waals surface area contributed by atoms with Crippen molar-refractivity contribution in [1.82, 2.24) is 10.2 Å². The molecule has 1 aromatic carbocycles. The molecule has 1 fully saturated rings. The molecule has 6 heteroatoms. The van der Waals surface area contributed by atoms with Gasteiger partial charge in [0.25, 0.3) is 12.3 Å². The fraction of sp³-hybridized carbons (Fsp3) is 0.353. The van der Waals surface area contributed by atoms with E-state index in [9.17, 15) is 13.6 Å². The Kier molecular flexibility index (Phi) is 4.71. The second-order valence-electron chi connectivity index (χ2n) is 5.64. The highest BCUT2D eigenvalue weighted by molar-refractivity contribution is 5.92. The number of amides is 1. The van der Waals surface area contributed by atoms with Gasteiger partial charge in [0.15, 0.2) is 5.76 Å². The Bertz CT molecular complexity index is 658. The number of nitrogens with zero attached hydrogens (tertiary/aromatic N) is 1. The summed E-state index contributed by atoms with van der Waals surface area (Å²) in [5.41, 5.74) is 0.899. The van der Waals surface area contributed by atoms with Gasteiger partial charge in [0.2, 0.25) is 0 Å². The van der Waals surface area contributed by atoms with Crippen molar-refractivity contribution in [2.45, 2.75) is 18.9 Å². The van der Waals surface area contributed by atoms with Crippen molar-refractivity contribution in [3.8, 4) is 11.3 Å². The first-order chi connectivity index (χ1) is 11.1. The molecule has 122 valence electrons. The second kappa shape index (κ2) is 6.91. The van der Waals surface area contributed by atoms with Crippen LogP contribution in [0.4, 0.5) is 8.78 Å². The van der Waals surface area contributed by atoms with E-state index in [2.05, 4.69) is 5.32 Å². The van der Waals surface area contributed by atoms with Crippen molar-refractivity contribution in [2.24, 2.45) is 0 Å². The van der Waals surface area contributed by atoms with Crippen LogP contribution in [0.15, 0.2) is 46.9 Å². The lowest BCUT2D eigenvalue weighted by Crippen LogP contribution is -2.37. The van der Waals surface area contributed by atoms with Crippen molar-refractivity contribution in [1.29, 1.82) is 0 Å². The summed E-state index contributed by atoms with van der Waals surface area (Å²) in [4.78, 5) is 13.9. The standard InChI is InChI=1S/C17H18F2N2O2/c18-16(19)11-21-9-8-13(10-21)20-17(22)15-7-6-14(23-15)12-4-2-1-3-5-12/h1-7,13,16H,8-11H2,(H,20,22). The molecule has 0 radical (unpaired) electrons. The van der Waals surface area contributed by atoms with Crippen LogP contribution in [0.2, 0.25) is 0 Å². The molecule has 1 amide bonds. The molecule has 3 rings (SSSR count). The summed E-state index contributed by atoms with van der Waals surface area (Å²) < 4.78 is 30.3. The third-order valence-electron chi connectivity index (χ3n) is 3.89. The molecule has 1 saturated heterocycles. The topological polar surface area (TPSA) is 45.5 Å². The van der Waals surface area contributed by atoms with Gasteiger partial charge in [-0.25, -0.2) is 8.78 Å². The van der Waals surface area contributed by atoms with E-state index in [0.717, 1.165) is 5.56 Å². The molecule has 0 bridgehead atoms. The van der Waals surface area contributed by atoms with Crippen LogP contribution in [0.1, 0.15) is 17.0 Å². The summed E-state index contributed by atoms with van der Waals surface area (Å²) in [6.07, 6.45) is -1.67. The van der Waals surface area contributed by atoms with E-state index >= 15 is 0 Å². The molecular formula is C17H18F2N2O2. The summed E-state index contributed by atoms with van der Waals surface area (Å²) in [5, 5.41) is 2.84. The molecule has 4 nitrogen and oxygen atoms in total. The molecule has 2 heterocycles. The monoisotopic (exact) mass is 320 g/mol. The number of alkyl halides is 2. The van der Waals surface area contributed by atoms with Gasteiger partial charge in [0.1, 0.15) is 5.76 Å². The van der Waals surface area contributed by atoms with Crippen molar-refractivity contribution >= 4 is 5.91 Å². The van der Waals surface area contributed by atoms with Crippen LogP contribution in [0.3, 0.4) is 0 Å². The largest absolute Gasteiger partial charge is 0.451 e. The quantitative estimate of drug-likeness (QED) is 0.921. The van der Waals surface area contributed by atoms with Gasteiger partial charge in [-0.05, 0) is 18.6 Å². The Labute approximate surface area is 133 Å². The molecule has 2 aromatic rings. The zero-order chi connectivity index (χ0) is 16.2. The van der Waals surface area contributed by atoms with Crippen molar-refractivity contribution < 1.29 is 18.0 Å². The highest BCUT2D eigenvalue weighted by Crippen LogP contribution is 2.22. The number of benzene rings is 1. The Hall–Kier alpha value is -2.21.